The first kappa shape index (κ1) is 5.52. The van der Waals surface area contributed by atoms with Gasteiger partial charge in [-0.2, -0.15) is 4.99 Å². The lowest BCUT2D eigenvalue weighted by molar-refractivity contribution is 0.364. The Morgan fingerprint density at radius 3 is 3.30 bits per heavy atom. The van der Waals surface area contributed by atoms with Crippen molar-refractivity contribution in [3.63, 3.8) is 0 Å². The van der Waals surface area contributed by atoms with E-state index in [4.69, 9.17) is 5.73 Å². The molecule has 0 unspecified atom stereocenters. The summed E-state index contributed by atoms with van der Waals surface area (Å²) >= 11 is 0. The largest absolute Gasteiger partial charge is 0.368 e. The van der Waals surface area contributed by atoms with Crippen molar-refractivity contribution in [2.45, 2.75) is 6.42 Å². The number of nitrogens with zero attached hydrogens (tertiary/aromatic N) is 3. The van der Waals surface area contributed by atoms with Crippen LogP contribution in [-0.2, 0) is 0 Å². The third kappa shape index (κ3) is 0.706. The highest BCUT2D eigenvalue weighted by Gasteiger charge is 2.20. The van der Waals surface area contributed by atoms with E-state index < -0.39 is 0 Å². The van der Waals surface area contributed by atoms with Crippen LogP contribution in [-0.4, -0.2) is 30.0 Å². The molecule has 0 saturated heterocycles. The van der Waals surface area contributed by atoms with Crippen LogP contribution in [0.4, 0.5) is 0 Å². The van der Waals surface area contributed by atoms with Crippen LogP contribution in [0.2, 0.25) is 0 Å². The summed E-state index contributed by atoms with van der Waals surface area (Å²) in [5, 5.41) is 1.86. The first-order valence-corrected chi connectivity index (χ1v) is 3.29. The van der Waals surface area contributed by atoms with Gasteiger partial charge in [0, 0.05) is 13.1 Å². The van der Waals surface area contributed by atoms with E-state index in [0.717, 1.165) is 25.5 Å². The molecule has 3 N–H and O–H groups in total. The molecule has 0 fully saturated rings. The van der Waals surface area contributed by atoms with E-state index in [1.165, 1.54) is 0 Å². The Balaban J connectivity index is 2.23. The van der Waals surface area contributed by atoms with Crippen LogP contribution in [0.3, 0.4) is 0 Å². The number of aliphatic imine (C=N–C) groups is 2. The normalized spacial score (nSPS) is 23.0. The first-order chi connectivity index (χ1) is 4.86. The molecule has 0 saturated carbocycles. The zero-order valence-corrected chi connectivity index (χ0v) is 5.54. The van der Waals surface area contributed by atoms with Crippen molar-refractivity contribution in [3.8, 4) is 0 Å². The summed E-state index contributed by atoms with van der Waals surface area (Å²) in [7, 11) is 0. The van der Waals surface area contributed by atoms with Crippen molar-refractivity contribution in [3.05, 3.63) is 0 Å². The SMILES string of the molecule is NC1=NC2=NCCCN2N1. The van der Waals surface area contributed by atoms with E-state index >= 15 is 0 Å². The fraction of sp³-hybridized carbons (Fsp3) is 0.600. The Bertz CT molecular complexity index is 206. The summed E-state index contributed by atoms with van der Waals surface area (Å²) in [6.45, 7) is 1.81. The van der Waals surface area contributed by atoms with E-state index in [2.05, 4.69) is 15.4 Å². The summed E-state index contributed by atoms with van der Waals surface area (Å²) in [5.41, 5.74) is 8.30. The van der Waals surface area contributed by atoms with Crippen LogP contribution in [0.15, 0.2) is 9.98 Å². The summed E-state index contributed by atoms with van der Waals surface area (Å²) in [4.78, 5) is 8.12. The molecule has 0 aromatic rings. The fourth-order valence-electron chi connectivity index (χ4n) is 1.07. The Hall–Kier alpha value is -1.26. The topological polar surface area (TPSA) is 66.0 Å². The minimum absolute atomic E-state index is 0.445. The van der Waals surface area contributed by atoms with Gasteiger partial charge >= 0.3 is 0 Å². The van der Waals surface area contributed by atoms with Gasteiger partial charge < -0.3 is 5.73 Å². The zero-order chi connectivity index (χ0) is 6.97. The number of hydrogen-bond acceptors (Lipinski definition) is 5. The highest BCUT2D eigenvalue weighted by atomic mass is 15.6. The second-order valence-corrected chi connectivity index (χ2v) is 2.30. The average molecular weight is 139 g/mol. The molecule has 0 aliphatic carbocycles. The number of nitrogens with two attached hydrogens (primary N) is 1. The molecule has 10 heavy (non-hydrogen) atoms. The molecule has 2 aliphatic heterocycles. The molecule has 0 aromatic carbocycles. The Morgan fingerprint density at radius 2 is 2.50 bits per heavy atom. The highest BCUT2D eigenvalue weighted by molar-refractivity contribution is 5.99. The van der Waals surface area contributed by atoms with Crippen molar-refractivity contribution in [1.82, 2.24) is 10.4 Å². The number of guanidine groups is 2. The van der Waals surface area contributed by atoms with E-state index in [1.54, 1.807) is 0 Å². The van der Waals surface area contributed by atoms with E-state index in [9.17, 15) is 0 Å². The van der Waals surface area contributed by atoms with Gasteiger partial charge in [-0.25, -0.2) is 4.99 Å². The lowest BCUT2D eigenvalue weighted by Gasteiger charge is -2.20. The summed E-state index contributed by atoms with van der Waals surface area (Å²) < 4.78 is 0. The van der Waals surface area contributed by atoms with Crippen molar-refractivity contribution >= 4 is 11.9 Å². The molecule has 2 heterocycles. The van der Waals surface area contributed by atoms with Gasteiger partial charge in [-0.3, -0.25) is 10.4 Å². The lowest BCUT2D eigenvalue weighted by atomic mass is 10.4. The second kappa shape index (κ2) is 1.86. The summed E-state index contributed by atoms with van der Waals surface area (Å²) in [5.74, 6) is 1.17. The standard InChI is InChI=1S/C5H9N5/c6-4-8-5-7-2-1-3-10(5)9-4/h1-3H2,(H3,6,7,8,9). The third-order valence-corrected chi connectivity index (χ3v) is 1.50. The molecular formula is C5H9N5. The predicted octanol–water partition coefficient (Wildman–Crippen LogP) is -1.12. The van der Waals surface area contributed by atoms with Crippen LogP contribution in [0.5, 0.6) is 0 Å². The Morgan fingerprint density at radius 1 is 1.60 bits per heavy atom. The van der Waals surface area contributed by atoms with Gasteiger partial charge in [0.05, 0.1) is 0 Å². The Labute approximate surface area is 58.6 Å². The van der Waals surface area contributed by atoms with Crippen molar-refractivity contribution in [2.24, 2.45) is 15.7 Å². The number of fused-ring (bicyclic) bond motifs is 1. The molecule has 0 amide bonds. The zero-order valence-electron chi connectivity index (χ0n) is 5.54. The summed E-state index contributed by atoms with van der Waals surface area (Å²) in [6, 6.07) is 0. The van der Waals surface area contributed by atoms with E-state index in [0.29, 0.717) is 5.96 Å². The quantitative estimate of drug-likeness (QED) is 0.447. The van der Waals surface area contributed by atoms with Crippen LogP contribution >= 0.6 is 0 Å². The Kier molecular flexibility index (Phi) is 1.03. The molecule has 0 radical (unpaired) electrons. The van der Waals surface area contributed by atoms with Gasteiger partial charge in [0.2, 0.25) is 11.9 Å². The maximum absolute atomic E-state index is 5.41. The predicted molar refractivity (Wildman–Crippen MR) is 38.4 cm³/mol. The minimum Gasteiger partial charge on any atom is -0.368 e. The molecule has 54 valence electrons. The fourth-order valence-corrected chi connectivity index (χ4v) is 1.07. The maximum Gasteiger partial charge on any atom is 0.243 e. The van der Waals surface area contributed by atoms with Gasteiger partial charge in [-0.1, -0.05) is 0 Å². The second-order valence-electron chi connectivity index (χ2n) is 2.30. The first-order valence-electron chi connectivity index (χ1n) is 3.29. The van der Waals surface area contributed by atoms with Gasteiger partial charge in [0.1, 0.15) is 0 Å². The van der Waals surface area contributed by atoms with Crippen molar-refractivity contribution in [2.75, 3.05) is 13.1 Å². The van der Waals surface area contributed by atoms with Crippen LogP contribution < -0.4 is 11.2 Å². The molecule has 2 rings (SSSR count). The smallest absolute Gasteiger partial charge is 0.243 e. The molecule has 0 spiro atoms. The van der Waals surface area contributed by atoms with E-state index in [1.807, 2.05) is 5.01 Å². The number of rotatable bonds is 0. The van der Waals surface area contributed by atoms with Gasteiger partial charge in [-0.05, 0) is 6.42 Å². The molecule has 5 heteroatoms. The van der Waals surface area contributed by atoms with Gasteiger partial charge in [0.25, 0.3) is 0 Å². The average Bonchev–Trinajstić information content (AvgIpc) is 2.27. The molecular weight excluding hydrogens is 130 g/mol. The molecule has 0 atom stereocenters. The number of hydrazine groups is 1. The maximum atomic E-state index is 5.41. The number of hydrogen-bond donors (Lipinski definition) is 2. The highest BCUT2D eigenvalue weighted by Crippen LogP contribution is 2.04. The molecule has 0 aromatic heterocycles. The van der Waals surface area contributed by atoms with Gasteiger partial charge in [-0.15, -0.1) is 0 Å². The minimum atomic E-state index is 0.445. The van der Waals surface area contributed by atoms with Crippen molar-refractivity contribution in [1.29, 1.82) is 0 Å². The molecule has 5 nitrogen and oxygen atoms in total. The van der Waals surface area contributed by atoms with Crippen molar-refractivity contribution < 1.29 is 0 Å². The van der Waals surface area contributed by atoms with E-state index in [-0.39, 0.29) is 0 Å². The van der Waals surface area contributed by atoms with Gasteiger partial charge in [0.15, 0.2) is 0 Å². The number of nitrogens with one attached hydrogen (secondary N) is 1. The van der Waals surface area contributed by atoms with Crippen LogP contribution in [0, 0.1) is 0 Å². The third-order valence-electron chi connectivity index (χ3n) is 1.50. The van der Waals surface area contributed by atoms with Crippen LogP contribution in [0.25, 0.3) is 0 Å². The lowest BCUT2D eigenvalue weighted by Crippen LogP contribution is -2.43. The summed E-state index contributed by atoms with van der Waals surface area (Å²) in [6.07, 6.45) is 1.07. The van der Waals surface area contributed by atoms with Crippen LogP contribution in [0.1, 0.15) is 6.42 Å². The molecule has 0 bridgehead atoms. The monoisotopic (exact) mass is 139 g/mol. The molecule has 2 aliphatic rings.